The van der Waals surface area contributed by atoms with E-state index in [1.165, 1.54) is 5.56 Å². The molecular weight excluding hydrogens is 264 g/mol. The van der Waals surface area contributed by atoms with Crippen LogP contribution < -0.4 is 10.1 Å². The van der Waals surface area contributed by atoms with Gasteiger partial charge in [0.05, 0.1) is 25.6 Å². The fourth-order valence-electron chi connectivity index (χ4n) is 2.22. The molecule has 4 heteroatoms. The van der Waals surface area contributed by atoms with E-state index in [9.17, 15) is 0 Å². The van der Waals surface area contributed by atoms with Crippen molar-refractivity contribution in [2.75, 3.05) is 19.5 Å². The number of aryl methyl sites for hydroxylation is 1. The fraction of sp³-hybridized carbons (Fsp3) is 0.353. The zero-order valence-corrected chi connectivity index (χ0v) is 13.0. The maximum atomic E-state index is 5.35. The number of rotatable bonds is 6. The molecule has 1 heterocycles. The highest BCUT2D eigenvalue weighted by Crippen LogP contribution is 2.26. The lowest BCUT2D eigenvalue weighted by Gasteiger charge is -2.18. The standard InChI is InChI=1S/C17H22N2O2/c1-12-5-7-16(10-18-12)19-13(2)14-6-8-17(21-4)15(9-14)11-20-3/h5-10,13,19H,11H2,1-4H3. The first-order chi connectivity index (χ1) is 10.1. The summed E-state index contributed by atoms with van der Waals surface area (Å²) >= 11 is 0. The zero-order valence-electron chi connectivity index (χ0n) is 13.0. The van der Waals surface area contributed by atoms with Gasteiger partial charge >= 0.3 is 0 Å². The SMILES string of the molecule is COCc1cc(C(C)Nc2ccc(C)nc2)ccc1OC. The van der Waals surface area contributed by atoms with Crippen molar-refractivity contribution >= 4 is 5.69 Å². The summed E-state index contributed by atoms with van der Waals surface area (Å²) in [5.41, 5.74) is 4.26. The molecule has 0 radical (unpaired) electrons. The summed E-state index contributed by atoms with van der Waals surface area (Å²) in [6.45, 7) is 4.64. The maximum absolute atomic E-state index is 5.35. The first kappa shape index (κ1) is 15.3. The van der Waals surface area contributed by atoms with E-state index in [0.717, 1.165) is 22.7 Å². The zero-order chi connectivity index (χ0) is 15.2. The predicted molar refractivity (Wildman–Crippen MR) is 84.7 cm³/mol. The number of anilines is 1. The molecule has 0 bridgehead atoms. The molecule has 0 aliphatic rings. The quantitative estimate of drug-likeness (QED) is 0.879. The first-order valence-corrected chi connectivity index (χ1v) is 6.99. The average Bonchev–Trinajstić information content (AvgIpc) is 2.50. The van der Waals surface area contributed by atoms with Crippen LogP contribution in [-0.4, -0.2) is 19.2 Å². The lowest BCUT2D eigenvalue weighted by atomic mass is 10.0. The molecule has 0 saturated carbocycles. The van der Waals surface area contributed by atoms with E-state index in [-0.39, 0.29) is 6.04 Å². The lowest BCUT2D eigenvalue weighted by Crippen LogP contribution is -2.08. The normalized spacial score (nSPS) is 12.0. The second-order valence-electron chi connectivity index (χ2n) is 5.06. The number of benzene rings is 1. The first-order valence-electron chi connectivity index (χ1n) is 6.99. The van der Waals surface area contributed by atoms with Crippen LogP contribution in [0.25, 0.3) is 0 Å². The third-order valence-electron chi connectivity index (χ3n) is 3.40. The van der Waals surface area contributed by atoms with Crippen LogP contribution in [0.2, 0.25) is 0 Å². The van der Waals surface area contributed by atoms with Crippen LogP contribution in [0.4, 0.5) is 5.69 Å². The number of methoxy groups -OCH3 is 2. The van der Waals surface area contributed by atoms with Crippen molar-refractivity contribution in [1.29, 1.82) is 0 Å². The van der Waals surface area contributed by atoms with E-state index in [0.29, 0.717) is 6.61 Å². The monoisotopic (exact) mass is 286 g/mol. The van der Waals surface area contributed by atoms with E-state index in [1.807, 2.05) is 31.3 Å². The van der Waals surface area contributed by atoms with Crippen molar-refractivity contribution in [3.63, 3.8) is 0 Å². The van der Waals surface area contributed by atoms with E-state index < -0.39 is 0 Å². The number of hydrogen-bond donors (Lipinski definition) is 1. The summed E-state index contributed by atoms with van der Waals surface area (Å²) in [6.07, 6.45) is 1.85. The topological polar surface area (TPSA) is 43.4 Å². The van der Waals surface area contributed by atoms with Gasteiger partial charge in [0.2, 0.25) is 0 Å². The van der Waals surface area contributed by atoms with E-state index in [4.69, 9.17) is 9.47 Å². The molecule has 1 aromatic heterocycles. The predicted octanol–water partition coefficient (Wildman–Crippen LogP) is 3.72. The van der Waals surface area contributed by atoms with Crippen molar-refractivity contribution in [2.45, 2.75) is 26.5 Å². The summed E-state index contributed by atoms with van der Waals surface area (Å²) in [4.78, 5) is 4.30. The molecule has 112 valence electrons. The lowest BCUT2D eigenvalue weighted by molar-refractivity contribution is 0.181. The van der Waals surface area contributed by atoms with Gasteiger partial charge in [0.15, 0.2) is 0 Å². The van der Waals surface area contributed by atoms with Gasteiger partial charge in [-0.1, -0.05) is 6.07 Å². The van der Waals surface area contributed by atoms with Crippen LogP contribution in [0.15, 0.2) is 36.5 Å². The Morgan fingerprint density at radius 3 is 2.62 bits per heavy atom. The average molecular weight is 286 g/mol. The molecule has 0 aliphatic heterocycles. The molecule has 21 heavy (non-hydrogen) atoms. The highest BCUT2D eigenvalue weighted by molar-refractivity contribution is 5.45. The molecule has 1 N–H and O–H groups in total. The van der Waals surface area contributed by atoms with Gasteiger partial charge < -0.3 is 14.8 Å². The molecular formula is C17H22N2O2. The second-order valence-corrected chi connectivity index (χ2v) is 5.06. The van der Waals surface area contributed by atoms with Crippen molar-refractivity contribution in [3.05, 3.63) is 53.3 Å². The second kappa shape index (κ2) is 7.09. The number of pyridine rings is 1. The third kappa shape index (κ3) is 3.95. The van der Waals surface area contributed by atoms with Gasteiger partial charge in [-0.15, -0.1) is 0 Å². The van der Waals surface area contributed by atoms with Gasteiger partial charge in [0.1, 0.15) is 5.75 Å². The summed E-state index contributed by atoms with van der Waals surface area (Å²) < 4.78 is 10.6. The molecule has 0 fully saturated rings. The molecule has 1 aromatic carbocycles. The minimum Gasteiger partial charge on any atom is -0.496 e. The van der Waals surface area contributed by atoms with Crippen molar-refractivity contribution in [1.82, 2.24) is 4.98 Å². The molecule has 2 rings (SSSR count). The van der Waals surface area contributed by atoms with Gasteiger partial charge in [-0.05, 0) is 43.7 Å². The number of nitrogens with one attached hydrogen (secondary N) is 1. The van der Waals surface area contributed by atoms with Crippen LogP contribution in [0.5, 0.6) is 5.75 Å². The Morgan fingerprint density at radius 2 is 2.00 bits per heavy atom. The summed E-state index contributed by atoms with van der Waals surface area (Å²) in [5.74, 6) is 0.852. The molecule has 1 unspecified atom stereocenters. The summed E-state index contributed by atoms with van der Waals surface area (Å²) in [6, 6.07) is 10.4. The van der Waals surface area contributed by atoms with E-state index in [2.05, 4.69) is 29.4 Å². The number of ether oxygens (including phenoxy) is 2. The molecule has 0 spiro atoms. The number of hydrogen-bond acceptors (Lipinski definition) is 4. The fourth-order valence-corrected chi connectivity index (χ4v) is 2.22. The molecule has 2 aromatic rings. The van der Waals surface area contributed by atoms with Gasteiger partial charge in [-0.3, -0.25) is 4.98 Å². The largest absolute Gasteiger partial charge is 0.496 e. The van der Waals surface area contributed by atoms with Gasteiger partial charge in [-0.25, -0.2) is 0 Å². The van der Waals surface area contributed by atoms with Gasteiger partial charge in [0, 0.05) is 24.4 Å². The van der Waals surface area contributed by atoms with Crippen LogP contribution in [0.3, 0.4) is 0 Å². The van der Waals surface area contributed by atoms with Crippen LogP contribution >= 0.6 is 0 Å². The molecule has 0 amide bonds. The summed E-state index contributed by atoms with van der Waals surface area (Å²) in [5, 5.41) is 3.45. The smallest absolute Gasteiger partial charge is 0.124 e. The Kier molecular flexibility index (Phi) is 5.17. The Balaban J connectivity index is 2.16. The number of aromatic nitrogens is 1. The Morgan fingerprint density at radius 1 is 1.19 bits per heavy atom. The summed E-state index contributed by atoms with van der Waals surface area (Å²) in [7, 11) is 3.36. The van der Waals surface area contributed by atoms with Crippen molar-refractivity contribution < 1.29 is 9.47 Å². The number of nitrogens with zero attached hydrogens (tertiary/aromatic N) is 1. The minimum absolute atomic E-state index is 0.177. The van der Waals surface area contributed by atoms with E-state index in [1.54, 1.807) is 14.2 Å². The maximum Gasteiger partial charge on any atom is 0.124 e. The molecule has 1 atom stereocenters. The Hall–Kier alpha value is -2.07. The highest BCUT2D eigenvalue weighted by Gasteiger charge is 2.10. The Bertz CT molecular complexity index is 582. The van der Waals surface area contributed by atoms with Gasteiger partial charge in [0.25, 0.3) is 0 Å². The molecule has 0 aliphatic carbocycles. The van der Waals surface area contributed by atoms with Crippen LogP contribution in [-0.2, 0) is 11.3 Å². The third-order valence-corrected chi connectivity index (χ3v) is 3.40. The van der Waals surface area contributed by atoms with E-state index >= 15 is 0 Å². The minimum atomic E-state index is 0.177. The van der Waals surface area contributed by atoms with Gasteiger partial charge in [-0.2, -0.15) is 0 Å². The highest BCUT2D eigenvalue weighted by atomic mass is 16.5. The molecule has 0 saturated heterocycles. The van der Waals surface area contributed by atoms with Crippen molar-refractivity contribution in [2.24, 2.45) is 0 Å². The van der Waals surface area contributed by atoms with Crippen LogP contribution in [0, 0.1) is 6.92 Å². The Labute approximate surface area is 126 Å². The van der Waals surface area contributed by atoms with Crippen LogP contribution in [0.1, 0.15) is 29.8 Å². The van der Waals surface area contributed by atoms with Crippen molar-refractivity contribution in [3.8, 4) is 5.75 Å². The molecule has 4 nitrogen and oxygen atoms in total.